The summed E-state index contributed by atoms with van der Waals surface area (Å²) in [4.78, 5) is 11.6. The van der Waals surface area contributed by atoms with Crippen LogP contribution >= 0.6 is 11.8 Å². The molecule has 1 atom stereocenters. The van der Waals surface area contributed by atoms with Gasteiger partial charge in [-0.1, -0.05) is 0 Å². The highest BCUT2D eigenvalue weighted by Gasteiger charge is 2.25. The van der Waals surface area contributed by atoms with Gasteiger partial charge in [0.1, 0.15) is 0 Å². The Labute approximate surface area is 75.3 Å². The van der Waals surface area contributed by atoms with Gasteiger partial charge >= 0.3 is 0 Å². The molecule has 2 rings (SSSR count). The Bertz CT molecular complexity index is 260. The van der Waals surface area contributed by atoms with E-state index in [1.807, 2.05) is 0 Å². The fourth-order valence-corrected chi connectivity index (χ4v) is 2.58. The van der Waals surface area contributed by atoms with Crippen LogP contribution < -0.4 is 0 Å². The SMILES string of the molecule is O=C(c1ccco1)C1CCCS1. The van der Waals surface area contributed by atoms with Crippen LogP contribution in [0.1, 0.15) is 23.4 Å². The zero-order valence-corrected chi connectivity index (χ0v) is 7.47. The minimum atomic E-state index is 0.149. The van der Waals surface area contributed by atoms with Crippen molar-refractivity contribution in [1.82, 2.24) is 0 Å². The van der Waals surface area contributed by atoms with Crippen molar-refractivity contribution < 1.29 is 9.21 Å². The van der Waals surface area contributed by atoms with E-state index in [2.05, 4.69) is 0 Å². The van der Waals surface area contributed by atoms with Crippen LogP contribution in [0.2, 0.25) is 0 Å². The van der Waals surface area contributed by atoms with Crippen molar-refractivity contribution in [2.45, 2.75) is 18.1 Å². The normalized spacial score (nSPS) is 22.8. The van der Waals surface area contributed by atoms with Gasteiger partial charge in [-0.2, -0.15) is 11.8 Å². The Morgan fingerprint density at radius 2 is 2.58 bits per heavy atom. The second-order valence-electron chi connectivity index (χ2n) is 2.84. The number of Topliss-reactive ketones (excluding diaryl/α,β-unsaturated/α-hetero) is 1. The molecule has 0 radical (unpaired) electrons. The van der Waals surface area contributed by atoms with Crippen molar-refractivity contribution in [2.75, 3.05) is 5.75 Å². The minimum Gasteiger partial charge on any atom is -0.461 e. The molecule has 0 aliphatic carbocycles. The summed E-state index contributed by atoms with van der Waals surface area (Å²) in [5.74, 6) is 1.77. The molecule has 0 bridgehead atoms. The van der Waals surface area contributed by atoms with Crippen LogP contribution in [0.25, 0.3) is 0 Å². The molecule has 1 aromatic rings. The van der Waals surface area contributed by atoms with E-state index in [4.69, 9.17) is 4.42 Å². The van der Waals surface area contributed by atoms with E-state index in [-0.39, 0.29) is 11.0 Å². The number of furan rings is 1. The van der Waals surface area contributed by atoms with E-state index in [1.165, 1.54) is 0 Å². The maximum atomic E-state index is 11.6. The largest absolute Gasteiger partial charge is 0.461 e. The predicted octanol–water partition coefficient (Wildman–Crippen LogP) is 2.36. The summed E-state index contributed by atoms with van der Waals surface area (Å²) >= 11 is 1.74. The number of carbonyl (C=O) groups excluding carboxylic acids is 1. The van der Waals surface area contributed by atoms with Crippen LogP contribution in [0, 0.1) is 0 Å². The van der Waals surface area contributed by atoms with E-state index in [0.29, 0.717) is 5.76 Å². The molecule has 3 heteroatoms. The fraction of sp³-hybridized carbons (Fsp3) is 0.444. The molecule has 1 saturated heterocycles. The molecule has 1 aromatic heterocycles. The maximum absolute atomic E-state index is 11.6. The Morgan fingerprint density at radius 1 is 1.67 bits per heavy atom. The van der Waals surface area contributed by atoms with Crippen LogP contribution in [0.3, 0.4) is 0 Å². The minimum absolute atomic E-state index is 0.149. The van der Waals surface area contributed by atoms with Crippen LogP contribution in [-0.2, 0) is 0 Å². The van der Waals surface area contributed by atoms with Gasteiger partial charge in [0, 0.05) is 0 Å². The molecule has 0 aromatic carbocycles. The maximum Gasteiger partial charge on any atom is 0.210 e. The lowest BCUT2D eigenvalue weighted by atomic mass is 10.1. The first kappa shape index (κ1) is 7.92. The average molecular weight is 182 g/mol. The summed E-state index contributed by atoms with van der Waals surface area (Å²) in [6.07, 6.45) is 3.71. The lowest BCUT2D eigenvalue weighted by Gasteiger charge is -2.02. The van der Waals surface area contributed by atoms with Gasteiger partial charge in [-0.25, -0.2) is 0 Å². The smallest absolute Gasteiger partial charge is 0.210 e. The quantitative estimate of drug-likeness (QED) is 0.658. The van der Waals surface area contributed by atoms with E-state index in [1.54, 1.807) is 30.2 Å². The molecule has 0 amide bonds. The third-order valence-corrected chi connectivity index (χ3v) is 3.36. The number of rotatable bonds is 2. The Morgan fingerprint density at radius 3 is 3.17 bits per heavy atom. The Hall–Kier alpha value is -0.700. The molecule has 1 aliphatic rings. The lowest BCUT2D eigenvalue weighted by molar-refractivity contribution is 0.0962. The zero-order valence-electron chi connectivity index (χ0n) is 6.66. The third-order valence-electron chi connectivity index (χ3n) is 1.99. The van der Waals surface area contributed by atoms with Gasteiger partial charge in [0.25, 0.3) is 0 Å². The van der Waals surface area contributed by atoms with Gasteiger partial charge in [0.05, 0.1) is 11.5 Å². The number of thioether (sulfide) groups is 1. The highest BCUT2D eigenvalue weighted by Crippen LogP contribution is 2.28. The monoisotopic (exact) mass is 182 g/mol. The average Bonchev–Trinajstić information content (AvgIpc) is 2.77. The molecule has 1 fully saturated rings. The van der Waals surface area contributed by atoms with Gasteiger partial charge in [-0.05, 0) is 30.7 Å². The molecule has 1 aliphatic heterocycles. The predicted molar refractivity (Wildman–Crippen MR) is 48.5 cm³/mol. The van der Waals surface area contributed by atoms with E-state index in [9.17, 15) is 4.79 Å². The first-order valence-electron chi connectivity index (χ1n) is 4.07. The molecule has 12 heavy (non-hydrogen) atoms. The summed E-state index contributed by atoms with van der Waals surface area (Å²) in [6.45, 7) is 0. The van der Waals surface area contributed by atoms with Crippen LogP contribution in [-0.4, -0.2) is 16.8 Å². The van der Waals surface area contributed by atoms with Crippen molar-refractivity contribution in [1.29, 1.82) is 0 Å². The summed E-state index contributed by atoms with van der Waals surface area (Å²) < 4.78 is 5.04. The van der Waals surface area contributed by atoms with Gasteiger partial charge in [0.2, 0.25) is 5.78 Å². The first-order valence-corrected chi connectivity index (χ1v) is 5.12. The second kappa shape index (κ2) is 3.35. The first-order chi connectivity index (χ1) is 5.88. The fourth-order valence-electron chi connectivity index (χ4n) is 1.36. The van der Waals surface area contributed by atoms with Crippen molar-refractivity contribution in [2.24, 2.45) is 0 Å². The molecule has 0 spiro atoms. The summed E-state index contributed by atoms with van der Waals surface area (Å²) in [6, 6.07) is 3.49. The highest BCUT2D eigenvalue weighted by molar-refractivity contribution is 8.00. The number of hydrogen-bond donors (Lipinski definition) is 0. The van der Waals surface area contributed by atoms with Gasteiger partial charge in [-0.15, -0.1) is 0 Å². The van der Waals surface area contributed by atoms with E-state index in [0.717, 1.165) is 18.6 Å². The molecular weight excluding hydrogens is 172 g/mol. The Kier molecular flexibility index (Phi) is 2.21. The van der Waals surface area contributed by atoms with E-state index < -0.39 is 0 Å². The molecule has 0 saturated carbocycles. The standard InChI is InChI=1S/C9H10O2S/c10-9(7-3-1-5-11-7)8-4-2-6-12-8/h1,3,5,8H,2,4,6H2. The second-order valence-corrected chi connectivity index (χ2v) is 4.15. The molecule has 2 nitrogen and oxygen atoms in total. The van der Waals surface area contributed by atoms with Crippen molar-refractivity contribution >= 4 is 17.5 Å². The van der Waals surface area contributed by atoms with Gasteiger partial charge in [-0.3, -0.25) is 4.79 Å². The van der Waals surface area contributed by atoms with Gasteiger partial charge < -0.3 is 4.42 Å². The summed E-state index contributed by atoms with van der Waals surface area (Å²) in [5, 5.41) is 0.149. The van der Waals surface area contributed by atoms with Crippen molar-refractivity contribution in [3.05, 3.63) is 24.2 Å². The topological polar surface area (TPSA) is 30.2 Å². The summed E-state index contributed by atoms with van der Waals surface area (Å²) in [7, 11) is 0. The summed E-state index contributed by atoms with van der Waals surface area (Å²) in [5.41, 5.74) is 0. The zero-order chi connectivity index (χ0) is 8.39. The lowest BCUT2D eigenvalue weighted by Crippen LogP contribution is -2.12. The van der Waals surface area contributed by atoms with Crippen LogP contribution in [0.15, 0.2) is 22.8 Å². The molecular formula is C9H10O2S. The van der Waals surface area contributed by atoms with E-state index >= 15 is 0 Å². The van der Waals surface area contributed by atoms with Crippen LogP contribution in [0.5, 0.6) is 0 Å². The molecule has 64 valence electrons. The van der Waals surface area contributed by atoms with Crippen molar-refractivity contribution in [3.63, 3.8) is 0 Å². The Balaban J connectivity index is 2.09. The third kappa shape index (κ3) is 1.41. The number of carbonyl (C=O) groups is 1. The van der Waals surface area contributed by atoms with Crippen LogP contribution in [0.4, 0.5) is 0 Å². The van der Waals surface area contributed by atoms with Crippen molar-refractivity contribution in [3.8, 4) is 0 Å². The molecule has 2 heterocycles. The van der Waals surface area contributed by atoms with Gasteiger partial charge in [0.15, 0.2) is 5.76 Å². The molecule has 1 unspecified atom stereocenters. The number of hydrogen-bond acceptors (Lipinski definition) is 3. The highest BCUT2D eigenvalue weighted by atomic mass is 32.2. The number of ketones is 1. The molecule has 0 N–H and O–H groups in total.